The van der Waals surface area contributed by atoms with Gasteiger partial charge in [0.1, 0.15) is 5.92 Å². The van der Waals surface area contributed by atoms with Gasteiger partial charge >= 0.3 is 0 Å². The van der Waals surface area contributed by atoms with E-state index in [0.717, 1.165) is 11.4 Å². The van der Waals surface area contributed by atoms with Gasteiger partial charge in [-0.05, 0) is 13.0 Å². The highest BCUT2D eigenvalue weighted by Gasteiger charge is 2.32. The number of allylic oxidation sites excluding steroid dienone is 2. The van der Waals surface area contributed by atoms with Crippen molar-refractivity contribution in [3.63, 3.8) is 0 Å². The Hall–Kier alpha value is -1.45. The van der Waals surface area contributed by atoms with Crippen LogP contribution in [0.1, 0.15) is 6.92 Å². The highest BCUT2D eigenvalue weighted by atomic mass is 16.5. The Morgan fingerprint density at radius 2 is 2.31 bits per heavy atom. The molecule has 68 valence electrons. The molecule has 2 rings (SSSR count). The van der Waals surface area contributed by atoms with E-state index < -0.39 is 0 Å². The lowest BCUT2D eigenvalue weighted by Gasteiger charge is -2.10. The molecular weight excluding hydrogens is 166 g/mol. The van der Waals surface area contributed by atoms with Crippen LogP contribution >= 0.6 is 0 Å². The lowest BCUT2D eigenvalue weighted by atomic mass is 10.0. The van der Waals surface area contributed by atoms with Crippen LogP contribution in [0.5, 0.6) is 0 Å². The number of hydrogen-bond acceptors (Lipinski definition) is 3. The second kappa shape index (κ2) is 2.80. The van der Waals surface area contributed by atoms with Gasteiger partial charge in [-0.1, -0.05) is 4.68 Å². The van der Waals surface area contributed by atoms with E-state index in [9.17, 15) is 0 Å². The second-order valence-electron chi connectivity index (χ2n) is 3.16. The highest BCUT2D eigenvalue weighted by Crippen LogP contribution is 2.17. The summed E-state index contributed by atoms with van der Waals surface area (Å²) in [4.78, 5) is 4.26. The van der Waals surface area contributed by atoms with E-state index in [2.05, 4.69) is 16.2 Å². The van der Waals surface area contributed by atoms with Crippen molar-refractivity contribution in [1.29, 1.82) is 0 Å². The van der Waals surface area contributed by atoms with Gasteiger partial charge in [-0.15, -0.1) is 0 Å². The molecule has 0 spiro atoms. The average molecular weight is 178 g/mol. The molecule has 2 heterocycles. The summed E-state index contributed by atoms with van der Waals surface area (Å²) in [7, 11) is 3.52. The fraction of sp³-hybridized carbons (Fsp3) is 0.444. The molecule has 2 aliphatic rings. The maximum Gasteiger partial charge on any atom is 0.242 e. The van der Waals surface area contributed by atoms with Gasteiger partial charge in [-0.2, -0.15) is 0 Å². The minimum atomic E-state index is 0.234. The molecule has 4 heteroatoms. The minimum absolute atomic E-state index is 0.234. The molecular formula is C9H12N3O+. The molecule has 0 aromatic rings. The number of aliphatic imine (C=N–C) groups is 1. The molecule has 1 atom stereocenters. The third kappa shape index (κ3) is 1.28. The Morgan fingerprint density at radius 1 is 1.54 bits per heavy atom. The summed E-state index contributed by atoms with van der Waals surface area (Å²) >= 11 is 0. The van der Waals surface area contributed by atoms with Crippen LogP contribution in [0.15, 0.2) is 21.9 Å². The van der Waals surface area contributed by atoms with Gasteiger partial charge < -0.3 is 4.74 Å². The summed E-state index contributed by atoms with van der Waals surface area (Å²) in [6.45, 7) is 1.96. The maximum atomic E-state index is 5.16. The molecule has 0 saturated heterocycles. The largest absolute Gasteiger partial charge is 0.480 e. The number of nitrogens with zero attached hydrogens (tertiary/aromatic N) is 3. The van der Waals surface area contributed by atoms with Crippen LogP contribution < -0.4 is 0 Å². The lowest BCUT2D eigenvalue weighted by Crippen LogP contribution is -2.25. The molecule has 0 radical (unpaired) electrons. The number of rotatable bonds is 0. The van der Waals surface area contributed by atoms with Gasteiger partial charge in [-0.3, -0.25) is 0 Å². The Morgan fingerprint density at radius 3 is 3.00 bits per heavy atom. The standard InChI is InChI=1S/C9H12N3O/c1-6-4-7-5-12(2)11-8(7)9(10-6)13-3/h4-5,7H,1-3H3/q+1. The molecule has 0 N–H and O–H groups in total. The molecule has 0 aliphatic carbocycles. The summed E-state index contributed by atoms with van der Waals surface area (Å²) in [6.07, 6.45) is 4.11. The predicted octanol–water partition coefficient (Wildman–Crippen LogP) is 0.648. The van der Waals surface area contributed by atoms with Crippen molar-refractivity contribution < 1.29 is 9.42 Å². The Balaban J connectivity index is 2.42. The van der Waals surface area contributed by atoms with E-state index in [1.54, 1.807) is 11.8 Å². The quantitative estimate of drug-likeness (QED) is 0.502. The van der Waals surface area contributed by atoms with Crippen molar-refractivity contribution in [3.05, 3.63) is 11.8 Å². The summed E-state index contributed by atoms with van der Waals surface area (Å²) in [6, 6.07) is 0. The van der Waals surface area contributed by atoms with E-state index in [1.807, 2.05) is 20.2 Å². The molecule has 0 fully saturated rings. The van der Waals surface area contributed by atoms with Crippen molar-refractivity contribution >= 4 is 17.8 Å². The van der Waals surface area contributed by atoms with E-state index in [0.29, 0.717) is 5.90 Å². The van der Waals surface area contributed by atoms with Gasteiger partial charge in [0.15, 0.2) is 19.0 Å². The van der Waals surface area contributed by atoms with E-state index in [4.69, 9.17) is 4.74 Å². The maximum absolute atomic E-state index is 5.16. The van der Waals surface area contributed by atoms with Crippen LogP contribution in [0.3, 0.4) is 0 Å². The first-order valence-corrected chi connectivity index (χ1v) is 4.18. The van der Waals surface area contributed by atoms with Crippen LogP contribution in [0.25, 0.3) is 0 Å². The molecule has 13 heavy (non-hydrogen) atoms. The SMILES string of the molecule is COC1=NC(C)=CC2C=[N+](C)N=C12. The number of fused-ring (bicyclic) bond motifs is 1. The summed E-state index contributed by atoms with van der Waals surface area (Å²) < 4.78 is 6.95. The zero-order valence-electron chi connectivity index (χ0n) is 7.98. The zero-order chi connectivity index (χ0) is 9.42. The lowest BCUT2D eigenvalue weighted by molar-refractivity contribution is -0.494. The molecule has 1 unspecified atom stereocenters. The smallest absolute Gasteiger partial charge is 0.242 e. The van der Waals surface area contributed by atoms with E-state index in [-0.39, 0.29) is 5.92 Å². The topological polar surface area (TPSA) is 37.0 Å². The number of methoxy groups -OCH3 is 1. The number of hydrogen-bond donors (Lipinski definition) is 0. The Labute approximate surface area is 76.9 Å². The minimum Gasteiger partial charge on any atom is -0.480 e. The zero-order valence-corrected chi connectivity index (χ0v) is 7.98. The van der Waals surface area contributed by atoms with Crippen LogP contribution in [-0.2, 0) is 4.74 Å². The summed E-state index contributed by atoms with van der Waals surface area (Å²) in [5.74, 6) is 0.864. The average Bonchev–Trinajstić information content (AvgIpc) is 2.43. The van der Waals surface area contributed by atoms with Crippen molar-refractivity contribution in [2.75, 3.05) is 14.2 Å². The van der Waals surface area contributed by atoms with Crippen molar-refractivity contribution in [3.8, 4) is 0 Å². The number of hydrazone groups is 1. The molecule has 0 bridgehead atoms. The summed E-state index contributed by atoms with van der Waals surface area (Å²) in [5.41, 5.74) is 1.88. The van der Waals surface area contributed by atoms with Gasteiger partial charge in [0, 0.05) is 10.8 Å². The molecule has 2 aliphatic heterocycles. The second-order valence-corrected chi connectivity index (χ2v) is 3.16. The van der Waals surface area contributed by atoms with Gasteiger partial charge in [-0.25, -0.2) is 4.99 Å². The third-order valence-electron chi connectivity index (χ3n) is 2.07. The van der Waals surface area contributed by atoms with Crippen molar-refractivity contribution in [2.24, 2.45) is 16.0 Å². The molecule has 0 saturated carbocycles. The first-order chi connectivity index (χ1) is 6.20. The van der Waals surface area contributed by atoms with Gasteiger partial charge in [0.05, 0.1) is 7.11 Å². The Kier molecular flexibility index (Phi) is 1.76. The van der Waals surface area contributed by atoms with Crippen LogP contribution in [-0.4, -0.2) is 36.7 Å². The van der Waals surface area contributed by atoms with Gasteiger partial charge in [0.2, 0.25) is 5.90 Å². The van der Waals surface area contributed by atoms with Crippen molar-refractivity contribution in [1.82, 2.24) is 0 Å². The Bertz CT molecular complexity index is 357. The molecule has 0 amide bonds. The van der Waals surface area contributed by atoms with Crippen LogP contribution in [0, 0.1) is 5.92 Å². The third-order valence-corrected chi connectivity index (χ3v) is 2.07. The first-order valence-electron chi connectivity index (χ1n) is 4.18. The fourth-order valence-electron chi connectivity index (χ4n) is 1.55. The molecule has 0 aromatic carbocycles. The monoisotopic (exact) mass is 178 g/mol. The fourth-order valence-corrected chi connectivity index (χ4v) is 1.55. The number of ether oxygens (including phenoxy) is 1. The highest BCUT2D eigenvalue weighted by molar-refractivity contribution is 6.43. The summed E-state index contributed by atoms with van der Waals surface area (Å²) in [5, 5.41) is 4.29. The molecule has 4 nitrogen and oxygen atoms in total. The predicted molar refractivity (Wildman–Crippen MR) is 51.4 cm³/mol. The van der Waals surface area contributed by atoms with Crippen LogP contribution in [0.4, 0.5) is 0 Å². The van der Waals surface area contributed by atoms with E-state index >= 15 is 0 Å². The van der Waals surface area contributed by atoms with Crippen LogP contribution in [0.2, 0.25) is 0 Å². The van der Waals surface area contributed by atoms with Gasteiger partial charge in [0.25, 0.3) is 0 Å². The van der Waals surface area contributed by atoms with Crippen molar-refractivity contribution in [2.45, 2.75) is 6.92 Å². The normalized spacial score (nSPS) is 25.6. The first kappa shape index (κ1) is 8.16. The van der Waals surface area contributed by atoms with E-state index in [1.165, 1.54) is 0 Å². The molecule has 0 aromatic heterocycles.